The van der Waals surface area contributed by atoms with E-state index in [9.17, 15) is 30.0 Å². The van der Waals surface area contributed by atoms with Crippen molar-refractivity contribution in [2.75, 3.05) is 10.6 Å². The average molecular weight is 1390 g/mol. The van der Waals surface area contributed by atoms with Gasteiger partial charge in [0.05, 0.1) is 16.5 Å². The molecule has 0 spiro atoms. The zero-order chi connectivity index (χ0) is 73.1. The minimum Gasteiger partial charge on any atom is -0.504 e. The lowest BCUT2D eigenvalue weighted by Gasteiger charge is -2.34. The summed E-state index contributed by atoms with van der Waals surface area (Å²) >= 11 is 0. The van der Waals surface area contributed by atoms with E-state index in [1.165, 1.54) is 12.1 Å². The number of rotatable bonds is 14. The molecule has 0 saturated heterocycles. The average Bonchev–Trinajstić information content (AvgIpc) is 1.55. The van der Waals surface area contributed by atoms with Crippen molar-refractivity contribution in [3.63, 3.8) is 0 Å². The predicted molar refractivity (Wildman–Crippen MR) is 415 cm³/mol. The summed E-state index contributed by atoms with van der Waals surface area (Å²) < 4.78 is 26.3. The molecule has 1 aliphatic carbocycles. The third-order valence-electron chi connectivity index (χ3n) is 17.9. The van der Waals surface area contributed by atoms with Crippen LogP contribution in [-0.2, 0) is 5.41 Å². The van der Waals surface area contributed by atoms with Crippen molar-refractivity contribution in [1.82, 2.24) is 0 Å². The molecule has 14 aromatic carbocycles. The summed E-state index contributed by atoms with van der Waals surface area (Å²) in [5, 5.41) is 52.9. The molecule has 510 valence electrons. The van der Waals surface area contributed by atoms with Crippen molar-refractivity contribution in [1.29, 1.82) is 0 Å². The molecule has 12 heteroatoms. The van der Waals surface area contributed by atoms with Crippen LogP contribution in [0.2, 0.25) is 0 Å². The summed E-state index contributed by atoms with van der Waals surface area (Å²) in [7, 11) is 0. The lowest BCUT2D eigenvalue weighted by Crippen LogP contribution is -2.28. The van der Waals surface area contributed by atoms with E-state index in [0.717, 1.165) is 44.5 Å². The normalized spacial score (nSPS) is 11.2. The number of hydrogen-bond donors (Lipinski definition) is 6. The van der Waals surface area contributed by atoms with Gasteiger partial charge < -0.3 is 50.0 Å². The topological polar surface area (TPSA) is 176 Å². The maximum Gasteiger partial charge on any atom is 0.255 e. The summed E-state index contributed by atoms with van der Waals surface area (Å²) in [6, 6.07) is 98.8. The smallest absolute Gasteiger partial charge is 0.255 e. The SMILES string of the molecule is O=C(Nc1c(Oc2c(O)cccc2Oc2ccc(C3(c4ccc(Oc5cccc(O)c5Oc5ccc(C#Cc6ccccc6)c(O)c5NC(=O)c5ccc(C#Cc6ccccc6)cc5)cc4)c4ccccc4-c4ccccc43)cc2)ccc(C#Cc2ccccc2)c1O)c1ccc(C#Cc2ccccc2)cc1. The molecular formula is C95H60N2O10. The number of anilines is 2. The van der Waals surface area contributed by atoms with Gasteiger partial charge in [-0.15, -0.1) is 0 Å². The Bertz CT molecular complexity index is 5590. The zero-order valence-corrected chi connectivity index (χ0v) is 56.9. The van der Waals surface area contributed by atoms with Crippen molar-refractivity contribution in [3.05, 3.63) is 405 Å². The quantitative estimate of drug-likeness (QED) is 0.0454. The molecule has 12 nitrogen and oxygen atoms in total. The molecule has 0 aliphatic heterocycles. The maximum absolute atomic E-state index is 14.1. The first kappa shape index (κ1) is 67.5. The second-order valence-electron chi connectivity index (χ2n) is 24.7. The predicted octanol–water partition coefficient (Wildman–Crippen LogP) is 20.1. The van der Waals surface area contributed by atoms with Gasteiger partial charge in [0.1, 0.15) is 22.9 Å². The van der Waals surface area contributed by atoms with Gasteiger partial charge in [-0.2, -0.15) is 0 Å². The van der Waals surface area contributed by atoms with E-state index >= 15 is 0 Å². The highest BCUT2D eigenvalue weighted by Gasteiger charge is 2.46. The van der Waals surface area contributed by atoms with E-state index in [2.05, 4.69) is 82.3 Å². The first-order valence-corrected chi connectivity index (χ1v) is 34.1. The molecule has 6 N–H and O–H groups in total. The van der Waals surface area contributed by atoms with Crippen LogP contribution in [0.15, 0.2) is 328 Å². The first-order valence-electron chi connectivity index (χ1n) is 34.1. The van der Waals surface area contributed by atoms with Crippen molar-refractivity contribution in [2.24, 2.45) is 0 Å². The number of aromatic hydroxyl groups is 4. The highest BCUT2D eigenvalue weighted by atomic mass is 16.5. The van der Waals surface area contributed by atoms with Gasteiger partial charge in [-0.25, -0.2) is 0 Å². The number of hydrogen-bond acceptors (Lipinski definition) is 10. The molecule has 0 aromatic heterocycles. The molecule has 0 saturated carbocycles. The Morgan fingerprint density at radius 2 is 0.598 bits per heavy atom. The van der Waals surface area contributed by atoms with E-state index in [4.69, 9.17) is 18.9 Å². The fraction of sp³-hybridized carbons (Fsp3) is 0.0105. The summed E-state index contributed by atoms with van der Waals surface area (Å²) in [6.07, 6.45) is 0. The standard InChI is InChI=1S/C95H60N2O10/c98-81-31-17-33-85(91(81)106-83-61-51-69(45-39-65-23-9-3-10-24-65)89(100)87(83)96-93(102)71-47-41-67(42-48-71)37-35-63-19-5-1-6-20-63)104-75-57-53-73(54-58-75)95(79-29-15-13-27-77(79)78-28-14-16-30-80(78)95)74-55-59-76(60-56-74)105-86-34-18-32-82(99)92(86)107-84-62-52-70(46-40-66-25-11-4-12-26-66)90(101)88(84)97-94(103)72-49-43-68(44-50-72)38-36-64-21-7-2-8-22-64/h1-34,41-44,47-62,98-101H,(H,96,102)(H,97,103). The van der Waals surface area contributed by atoms with E-state index in [0.29, 0.717) is 33.8 Å². The van der Waals surface area contributed by atoms with Gasteiger partial charge >= 0.3 is 0 Å². The van der Waals surface area contributed by atoms with Gasteiger partial charge in [0.25, 0.3) is 11.8 Å². The van der Waals surface area contributed by atoms with Gasteiger partial charge in [0.15, 0.2) is 46.0 Å². The summed E-state index contributed by atoms with van der Waals surface area (Å²) in [5.74, 6) is 23.1. The second-order valence-corrected chi connectivity index (χ2v) is 24.7. The number of amides is 2. The van der Waals surface area contributed by atoms with Crippen molar-refractivity contribution in [2.45, 2.75) is 5.41 Å². The number of ether oxygens (including phenoxy) is 4. The number of carbonyl (C=O) groups excluding carboxylic acids is 2. The molecule has 0 fully saturated rings. The van der Waals surface area contributed by atoms with Crippen LogP contribution < -0.4 is 29.6 Å². The van der Waals surface area contributed by atoms with Crippen LogP contribution in [0.4, 0.5) is 11.4 Å². The van der Waals surface area contributed by atoms with E-state index in [1.54, 1.807) is 97.1 Å². The van der Waals surface area contributed by atoms with Crippen LogP contribution in [0.1, 0.15) is 87.5 Å². The lowest BCUT2D eigenvalue weighted by atomic mass is 9.68. The number of phenolic OH excluding ortho intramolecular Hbond substituents is 4. The molecular weight excluding hydrogens is 1330 g/mol. The molecule has 0 heterocycles. The van der Waals surface area contributed by atoms with Gasteiger partial charge in [-0.3, -0.25) is 9.59 Å². The lowest BCUT2D eigenvalue weighted by molar-refractivity contribution is 0.101. The van der Waals surface area contributed by atoms with Crippen LogP contribution in [-0.4, -0.2) is 32.2 Å². The number of fused-ring (bicyclic) bond motifs is 3. The molecule has 2 amide bonds. The Hall–Kier alpha value is -15.3. The number of benzene rings is 14. The Morgan fingerprint density at radius 1 is 0.280 bits per heavy atom. The van der Waals surface area contributed by atoms with Crippen molar-refractivity contribution >= 4 is 23.2 Å². The first-order chi connectivity index (χ1) is 52.5. The molecule has 0 bridgehead atoms. The minimum absolute atomic E-state index is 0.0182. The molecule has 1 aliphatic rings. The van der Waals surface area contributed by atoms with Gasteiger partial charge in [0, 0.05) is 44.5 Å². The summed E-state index contributed by atoms with van der Waals surface area (Å²) in [6.45, 7) is 0. The molecule has 15 rings (SSSR count). The van der Waals surface area contributed by atoms with Gasteiger partial charge in [-0.1, -0.05) is 205 Å². The van der Waals surface area contributed by atoms with Crippen LogP contribution in [0.5, 0.6) is 69.0 Å². The third kappa shape index (κ3) is 14.6. The molecule has 0 unspecified atom stereocenters. The maximum atomic E-state index is 14.1. The van der Waals surface area contributed by atoms with Gasteiger partial charge in [0.2, 0.25) is 11.5 Å². The van der Waals surface area contributed by atoms with Gasteiger partial charge in [-0.05, 0) is 203 Å². The van der Waals surface area contributed by atoms with Crippen molar-refractivity contribution < 1.29 is 49.0 Å². The highest BCUT2D eigenvalue weighted by molar-refractivity contribution is 6.07. The number of para-hydroxylation sites is 2. The van der Waals surface area contributed by atoms with E-state index in [1.807, 2.05) is 194 Å². The Labute approximate surface area is 617 Å². The highest BCUT2D eigenvalue weighted by Crippen LogP contribution is 2.57. The van der Waals surface area contributed by atoms with E-state index in [-0.39, 0.29) is 91.1 Å². The van der Waals surface area contributed by atoms with Crippen molar-refractivity contribution in [3.8, 4) is 127 Å². The Morgan fingerprint density at radius 3 is 0.953 bits per heavy atom. The molecule has 0 radical (unpaired) electrons. The van der Waals surface area contributed by atoms with E-state index < -0.39 is 17.2 Å². The monoisotopic (exact) mass is 1390 g/mol. The number of nitrogens with one attached hydrogen (secondary N) is 2. The third-order valence-corrected chi connectivity index (χ3v) is 17.9. The number of carbonyl (C=O) groups is 2. The Kier molecular flexibility index (Phi) is 19.2. The largest absolute Gasteiger partial charge is 0.504 e. The van der Waals surface area contributed by atoms with Crippen LogP contribution >= 0.6 is 0 Å². The molecule has 107 heavy (non-hydrogen) atoms. The minimum atomic E-state index is -0.902. The number of phenols is 4. The van der Waals surface area contributed by atoms with Crippen LogP contribution in [0, 0.1) is 47.4 Å². The summed E-state index contributed by atoms with van der Waals surface area (Å²) in [5.41, 5.74) is 10.3. The molecule has 14 aromatic rings. The van der Waals surface area contributed by atoms with Crippen LogP contribution in [0.25, 0.3) is 11.1 Å². The Balaban J connectivity index is 0.717. The second kappa shape index (κ2) is 30.5. The fourth-order valence-electron chi connectivity index (χ4n) is 12.6. The summed E-state index contributed by atoms with van der Waals surface area (Å²) in [4.78, 5) is 28.3. The zero-order valence-electron chi connectivity index (χ0n) is 56.9. The van der Waals surface area contributed by atoms with Crippen LogP contribution in [0.3, 0.4) is 0 Å². The fourth-order valence-corrected chi connectivity index (χ4v) is 12.6. The molecule has 0 atom stereocenters.